The molecule has 0 unspecified atom stereocenters. The zero-order valence-corrected chi connectivity index (χ0v) is 19.7. The number of Topliss-reactive ketones (excluding diaryl/α,β-unsaturated/α-hetero) is 1. The van der Waals surface area contributed by atoms with Gasteiger partial charge in [0, 0.05) is 13.5 Å². The maximum Gasteiger partial charge on any atom is 0.408 e. The van der Waals surface area contributed by atoms with Crippen molar-refractivity contribution in [2.75, 3.05) is 13.7 Å². The molecule has 0 fully saturated rings. The molecule has 0 bridgehead atoms. The van der Waals surface area contributed by atoms with E-state index in [1.165, 1.54) is 7.11 Å². The summed E-state index contributed by atoms with van der Waals surface area (Å²) >= 11 is 0. The molecule has 0 aromatic heterocycles. The van der Waals surface area contributed by atoms with E-state index < -0.39 is 29.6 Å². The third-order valence-electron chi connectivity index (χ3n) is 4.74. The van der Waals surface area contributed by atoms with Crippen molar-refractivity contribution >= 4 is 17.8 Å². The first-order valence-corrected chi connectivity index (χ1v) is 10.9. The van der Waals surface area contributed by atoms with Gasteiger partial charge in [0.05, 0.1) is 12.5 Å². The lowest BCUT2D eigenvalue weighted by molar-refractivity contribution is -0.151. The molecule has 0 saturated carbocycles. The molecule has 178 valence electrons. The Hall–Kier alpha value is -3.19. The fraction of sp³-hybridized carbons (Fsp3) is 0.423. The lowest BCUT2D eigenvalue weighted by Gasteiger charge is -2.24. The zero-order chi connectivity index (χ0) is 24.3. The Bertz CT molecular complexity index is 892. The highest BCUT2D eigenvalue weighted by Gasteiger charge is 2.30. The third kappa shape index (κ3) is 9.87. The van der Waals surface area contributed by atoms with Crippen molar-refractivity contribution in [2.45, 2.75) is 51.9 Å². The number of ketones is 1. The molecule has 7 heteroatoms. The fourth-order valence-corrected chi connectivity index (χ4v) is 3.20. The van der Waals surface area contributed by atoms with Crippen molar-refractivity contribution in [3.8, 4) is 0 Å². The molecule has 2 atom stereocenters. The van der Waals surface area contributed by atoms with E-state index >= 15 is 0 Å². The molecule has 2 rings (SSSR count). The SMILES string of the molecule is COC[C@H](NC(=O)OC(C)(C)C)C(=O)C[C@@H](Cc1ccccc1)C(=O)OCc1ccccc1. The molecule has 0 aliphatic carbocycles. The van der Waals surface area contributed by atoms with Gasteiger partial charge in [-0.25, -0.2) is 4.79 Å². The number of hydrogen-bond donors (Lipinski definition) is 1. The third-order valence-corrected chi connectivity index (χ3v) is 4.74. The number of ether oxygens (including phenoxy) is 3. The second kappa shape index (κ2) is 12.7. The molecule has 2 aromatic rings. The van der Waals surface area contributed by atoms with Crippen LogP contribution in [0.15, 0.2) is 60.7 Å². The Balaban J connectivity index is 2.10. The maximum absolute atomic E-state index is 13.1. The van der Waals surface area contributed by atoms with Crippen LogP contribution in [0.3, 0.4) is 0 Å². The number of benzene rings is 2. The van der Waals surface area contributed by atoms with Crippen LogP contribution in [-0.4, -0.2) is 43.2 Å². The van der Waals surface area contributed by atoms with Crippen LogP contribution < -0.4 is 5.32 Å². The topological polar surface area (TPSA) is 90.9 Å². The van der Waals surface area contributed by atoms with Crippen LogP contribution in [-0.2, 0) is 36.8 Å². The van der Waals surface area contributed by atoms with Crippen molar-refractivity contribution in [3.05, 3.63) is 71.8 Å². The van der Waals surface area contributed by atoms with Gasteiger partial charge in [-0.3, -0.25) is 9.59 Å². The Morgan fingerprint density at radius 2 is 1.48 bits per heavy atom. The van der Waals surface area contributed by atoms with Crippen molar-refractivity contribution in [1.82, 2.24) is 5.32 Å². The number of carbonyl (C=O) groups excluding carboxylic acids is 3. The molecule has 0 spiro atoms. The van der Waals surface area contributed by atoms with Gasteiger partial charge in [-0.2, -0.15) is 0 Å². The van der Waals surface area contributed by atoms with E-state index in [1.807, 2.05) is 60.7 Å². The molecule has 0 aliphatic rings. The van der Waals surface area contributed by atoms with E-state index in [0.717, 1.165) is 11.1 Å². The zero-order valence-electron chi connectivity index (χ0n) is 19.7. The van der Waals surface area contributed by atoms with Gasteiger partial charge < -0.3 is 19.5 Å². The van der Waals surface area contributed by atoms with Gasteiger partial charge in [0.2, 0.25) is 0 Å². The minimum Gasteiger partial charge on any atom is -0.461 e. The van der Waals surface area contributed by atoms with Gasteiger partial charge in [0.1, 0.15) is 18.2 Å². The van der Waals surface area contributed by atoms with Crippen molar-refractivity contribution in [2.24, 2.45) is 5.92 Å². The van der Waals surface area contributed by atoms with Crippen LogP contribution in [0.25, 0.3) is 0 Å². The van der Waals surface area contributed by atoms with E-state index in [2.05, 4.69) is 5.32 Å². The quantitative estimate of drug-likeness (QED) is 0.513. The monoisotopic (exact) mass is 455 g/mol. The summed E-state index contributed by atoms with van der Waals surface area (Å²) in [7, 11) is 1.44. The van der Waals surface area contributed by atoms with E-state index in [-0.39, 0.29) is 25.4 Å². The number of nitrogens with one attached hydrogen (secondary N) is 1. The Morgan fingerprint density at radius 3 is 2.03 bits per heavy atom. The predicted molar refractivity (Wildman–Crippen MR) is 125 cm³/mol. The second-order valence-electron chi connectivity index (χ2n) is 8.80. The van der Waals surface area contributed by atoms with Crippen LogP contribution in [0, 0.1) is 5.92 Å². The summed E-state index contributed by atoms with van der Waals surface area (Å²) in [6.45, 7) is 5.29. The lowest BCUT2D eigenvalue weighted by Crippen LogP contribution is -2.46. The molecule has 1 N–H and O–H groups in total. The van der Waals surface area contributed by atoms with Crippen molar-refractivity contribution in [3.63, 3.8) is 0 Å². The maximum atomic E-state index is 13.1. The number of carbonyl (C=O) groups is 3. The number of amides is 1. The molecule has 0 radical (unpaired) electrons. The Morgan fingerprint density at radius 1 is 0.909 bits per heavy atom. The summed E-state index contributed by atoms with van der Waals surface area (Å²) in [5.74, 6) is -1.51. The number of hydrogen-bond acceptors (Lipinski definition) is 6. The largest absolute Gasteiger partial charge is 0.461 e. The van der Waals surface area contributed by atoms with E-state index in [4.69, 9.17) is 14.2 Å². The van der Waals surface area contributed by atoms with Gasteiger partial charge in [0.25, 0.3) is 0 Å². The van der Waals surface area contributed by atoms with Gasteiger partial charge in [-0.05, 0) is 38.3 Å². The minimum absolute atomic E-state index is 0.0325. The van der Waals surface area contributed by atoms with Crippen LogP contribution in [0.1, 0.15) is 38.3 Å². The molecule has 0 heterocycles. The summed E-state index contributed by atoms with van der Waals surface area (Å²) in [5.41, 5.74) is 1.07. The molecular weight excluding hydrogens is 422 g/mol. The van der Waals surface area contributed by atoms with Gasteiger partial charge in [-0.1, -0.05) is 60.7 Å². The molecule has 0 aliphatic heterocycles. The molecule has 2 aromatic carbocycles. The predicted octanol–water partition coefficient (Wildman–Crippen LogP) is 4.09. The molecular formula is C26H33NO6. The van der Waals surface area contributed by atoms with Gasteiger partial charge in [0.15, 0.2) is 5.78 Å². The van der Waals surface area contributed by atoms with Gasteiger partial charge >= 0.3 is 12.1 Å². The minimum atomic E-state index is -0.940. The summed E-state index contributed by atoms with van der Waals surface area (Å²) in [4.78, 5) is 38.2. The molecule has 0 saturated heterocycles. The van der Waals surface area contributed by atoms with Crippen LogP contribution in [0.5, 0.6) is 0 Å². The Labute approximate surface area is 195 Å². The molecule has 1 amide bonds. The molecule has 33 heavy (non-hydrogen) atoms. The number of alkyl carbamates (subject to hydrolysis) is 1. The molecule has 7 nitrogen and oxygen atoms in total. The second-order valence-corrected chi connectivity index (χ2v) is 8.80. The summed E-state index contributed by atoms with van der Waals surface area (Å²) < 4.78 is 15.9. The van der Waals surface area contributed by atoms with E-state index in [1.54, 1.807) is 20.8 Å². The first-order chi connectivity index (χ1) is 15.7. The first-order valence-electron chi connectivity index (χ1n) is 10.9. The number of methoxy groups -OCH3 is 1. The number of esters is 1. The lowest BCUT2D eigenvalue weighted by atomic mass is 9.92. The smallest absolute Gasteiger partial charge is 0.408 e. The summed E-state index contributed by atoms with van der Waals surface area (Å²) in [5, 5.41) is 2.55. The number of rotatable bonds is 11. The summed E-state index contributed by atoms with van der Waals surface area (Å²) in [6, 6.07) is 17.8. The first kappa shape index (κ1) is 26.1. The van der Waals surface area contributed by atoms with Crippen molar-refractivity contribution < 1.29 is 28.6 Å². The normalized spacial score (nSPS) is 13.0. The average molecular weight is 456 g/mol. The average Bonchev–Trinajstić information content (AvgIpc) is 2.77. The van der Waals surface area contributed by atoms with E-state index in [0.29, 0.717) is 6.42 Å². The van der Waals surface area contributed by atoms with Crippen molar-refractivity contribution in [1.29, 1.82) is 0 Å². The fourth-order valence-electron chi connectivity index (χ4n) is 3.20. The van der Waals surface area contributed by atoms with E-state index in [9.17, 15) is 14.4 Å². The highest BCUT2D eigenvalue weighted by atomic mass is 16.6. The highest BCUT2D eigenvalue weighted by molar-refractivity contribution is 5.90. The summed E-state index contributed by atoms with van der Waals surface area (Å²) in [6.07, 6.45) is -0.484. The van der Waals surface area contributed by atoms with Crippen LogP contribution in [0.2, 0.25) is 0 Å². The highest BCUT2D eigenvalue weighted by Crippen LogP contribution is 2.17. The van der Waals surface area contributed by atoms with Crippen LogP contribution in [0.4, 0.5) is 4.79 Å². The van der Waals surface area contributed by atoms with Crippen LogP contribution >= 0.6 is 0 Å². The standard InChI is InChI=1S/C26H33NO6/c1-26(2,3)33-25(30)27-22(18-31-4)23(28)16-21(15-19-11-7-5-8-12-19)24(29)32-17-20-13-9-6-10-14-20/h5-14,21-22H,15-18H2,1-4H3,(H,27,30)/t21-,22+/m1/s1. The Kier molecular flexibility index (Phi) is 10.1. The van der Waals surface area contributed by atoms with Gasteiger partial charge in [-0.15, -0.1) is 0 Å².